The lowest BCUT2D eigenvalue weighted by molar-refractivity contribution is 0.480. The smallest absolute Gasteiger partial charge is 0.340 e. The highest BCUT2D eigenvalue weighted by molar-refractivity contribution is 5.35. The van der Waals surface area contributed by atoms with Gasteiger partial charge >= 0.3 is 5.69 Å². The van der Waals surface area contributed by atoms with Gasteiger partial charge in [-0.2, -0.15) is 5.10 Å². The van der Waals surface area contributed by atoms with E-state index in [1.54, 1.807) is 17.0 Å². The number of aromatic nitrogens is 5. The first-order valence-corrected chi connectivity index (χ1v) is 8.07. The predicted octanol–water partition coefficient (Wildman–Crippen LogP) is 1.73. The molecule has 7 nitrogen and oxygen atoms in total. The number of nitrogens with zero attached hydrogens (tertiary/aromatic N) is 5. The van der Waals surface area contributed by atoms with Crippen LogP contribution in [0.3, 0.4) is 0 Å². The Labute approximate surface area is 139 Å². The normalized spacial score (nSPS) is 17.8. The summed E-state index contributed by atoms with van der Waals surface area (Å²) in [6, 6.07) is 11.4. The van der Waals surface area contributed by atoms with E-state index in [0.29, 0.717) is 0 Å². The van der Waals surface area contributed by atoms with E-state index in [-0.39, 0.29) is 11.6 Å². The fourth-order valence-corrected chi connectivity index (χ4v) is 3.23. The summed E-state index contributed by atoms with van der Waals surface area (Å²) in [6.45, 7) is 1.67. The van der Waals surface area contributed by atoms with E-state index in [1.807, 2.05) is 36.4 Å². The highest BCUT2D eigenvalue weighted by Gasteiger charge is 2.27. The van der Waals surface area contributed by atoms with E-state index >= 15 is 0 Å². The molecule has 3 aromatic rings. The minimum atomic E-state index is -0.204. The molecule has 1 fully saturated rings. The Kier molecular flexibility index (Phi) is 3.82. The maximum absolute atomic E-state index is 12.2. The van der Waals surface area contributed by atoms with Crippen molar-refractivity contribution in [1.29, 1.82) is 0 Å². The highest BCUT2D eigenvalue weighted by Crippen LogP contribution is 2.27. The minimum absolute atomic E-state index is 0.154. The fourth-order valence-electron chi connectivity index (χ4n) is 3.23. The van der Waals surface area contributed by atoms with Crippen LogP contribution in [-0.4, -0.2) is 37.8 Å². The van der Waals surface area contributed by atoms with Gasteiger partial charge in [0.15, 0.2) is 0 Å². The highest BCUT2D eigenvalue weighted by atomic mass is 16.1. The first-order valence-electron chi connectivity index (χ1n) is 8.07. The summed E-state index contributed by atoms with van der Waals surface area (Å²) < 4.78 is 1.67. The quantitative estimate of drug-likeness (QED) is 0.794. The van der Waals surface area contributed by atoms with E-state index in [0.717, 1.165) is 43.4 Å². The molecule has 1 aromatic carbocycles. The SMILES string of the molecule is O=c1[nH]nc([C@H]2CCCN(c3ncccn3)C2)n1-c1ccccc1. The van der Waals surface area contributed by atoms with Gasteiger partial charge in [0.2, 0.25) is 5.95 Å². The van der Waals surface area contributed by atoms with Crippen LogP contribution < -0.4 is 10.6 Å². The van der Waals surface area contributed by atoms with E-state index < -0.39 is 0 Å². The third-order valence-corrected chi connectivity index (χ3v) is 4.33. The second-order valence-corrected chi connectivity index (χ2v) is 5.89. The van der Waals surface area contributed by atoms with Gasteiger partial charge in [0.05, 0.1) is 5.69 Å². The summed E-state index contributed by atoms with van der Waals surface area (Å²) in [5.41, 5.74) is 0.628. The number of hydrogen-bond acceptors (Lipinski definition) is 5. The number of hydrogen-bond donors (Lipinski definition) is 1. The van der Waals surface area contributed by atoms with Gasteiger partial charge in [-0.1, -0.05) is 18.2 Å². The van der Waals surface area contributed by atoms with Crippen LogP contribution in [0.4, 0.5) is 5.95 Å². The Morgan fingerprint density at radius 2 is 1.88 bits per heavy atom. The standard InChI is InChI=1S/C17H18N6O/c24-17-21-20-15(23(17)14-7-2-1-3-8-14)13-6-4-11-22(12-13)16-18-9-5-10-19-16/h1-3,5,7-10,13H,4,6,11-12H2,(H,21,24)/t13-/m0/s1. The molecule has 0 saturated carbocycles. The average molecular weight is 322 g/mol. The Hall–Kier alpha value is -2.96. The van der Waals surface area contributed by atoms with Crippen LogP contribution in [0.15, 0.2) is 53.6 Å². The summed E-state index contributed by atoms with van der Waals surface area (Å²) in [6.07, 6.45) is 5.50. The van der Waals surface area contributed by atoms with Crippen LogP contribution in [0.1, 0.15) is 24.6 Å². The predicted molar refractivity (Wildman–Crippen MR) is 90.4 cm³/mol. The lowest BCUT2D eigenvalue weighted by atomic mass is 9.97. The maximum Gasteiger partial charge on any atom is 0.347 e. The zero-order chi connectivity index (χ0) is 16.4. The van der Waals surface area contributed by atoms with Crippen molar-refractivity contribution in [3.05, 3.63) is 65.1 Å². The molecular weight excluding hydrogens is 304 g/mol. The van der Waals surface area contributed by atoms with Crippen molar-refractivity contribution in [2.75, 3.05) is 18.0 Å². The number of benzene rings is 1. The molecule has 4 rings (SSSR count). The van der Waals surface area contributed by atoms with Crippen molar-refractivity contribution in [3.63, 3.8) is 0 Å². The monoisotopic (exact) mass is 322 g/mol. The Morgan fingerprint density at radius 3 is 2.67 bits per heavy atom. The van der Waals surface area contributed by atoms with Crippen LogP contribution in [0.25, 0.3) is 5.69 Å². The summed E-state index contributed by atoms with van der Waals surface area (Å²) in [7, 11) is 0. The molecule has 0 aliphatic carbocycles. The molecule has 122 valence electrons. The summed E-state index contributed by atoms with van der Waals surface area (Å²) in [5.74, 6) is 1.65. The molecule has 1 aliphatic rings. The van der Waals surface area contributed by atoms with Gasteiger partial charge in [-0.15, -0.1) is 0 Å². The molecular formula is C17H18N6O. The molecule has 0 radical (unpaired) electrons. The molecule has 7 heteroatoms. The van der Waals surface area contributed by atoms with E-state index in [9.17, 15) is 4.79 Å². The van der Waals surface area contributed by atoms with Gasteiger partial charge in [-0.3, -0.25) is 0 Å². The molecule has 2 aromatic heterocycles. The Balaban J connectivity index is 1.66. The molecule has 0 unspecified atom stereocenters. The van der Waals surface area contributed by atoms with Crippen LogP contribution >= 0.6 is 0 Å². The molecule has 1 saturated heterocycles. The number of para-hydroxylation sites is 1. The average Bonchev–Trinajstić information content (AvgIpc) is 3.05. The molecule has 1 aliphatic heterocycles. The maximum atomic E-state index is 12.2. The zero-order valence-corrected chi connectivity index (χ0v) is 13.2. The van der Waals surface area contributed by atoms with Crippen molar-refractivity contribution < 1.29 is 0 Å². The Bertz CT molecular complexity index is 858. The third kappa shape index (κ3) is 2.68. The Morgan fingerprint density at radius 1 is 1.08 bits per heavy atom. The first kappa shape index (κ1) is 14.6. The molecule has 0 spiro atoms. The van der Waals surface area contributed by atoms with Crippen LogP contribution in [0.2, 0.25) is 0 Å². The van der Waals surface area contributed by atoms with Gasteiger partial charge in [0.25, 0.3) is 0 Å². The van der Waals surface area contributed by atoms with E-state index in [2.05, 4.69) is 25.1 Å². The molecule has 1 N–H and O–H groups in total. The molecule has 1 atom stereocenters. The largest absolute Gasteiger partial charge is 0.347 e. The number of anilines is 1. The lowest BCUT2D eigenvalue weighted by Gasteiger charge is -2.32. The van der Waals surface area contributed by atoms with Crippen LogP contribution in [0, 0.1) is 0 Å². The molecule has 24 heavy (non-hydrogen) atoms. The number of H-pyrrole nitrogens is 1. The fraction of sp³-hybridized carbons (Fsp3) is 0.294. The zero-order valence-electron chi connectivity index (χ0n) is 13.2. The number of aromatic amines is 1. The summed E-state index contributed by atoms with van der Waals surface area (Å²) in [5, 5.41) is 6.90. The van der Waals surface area contributed by atoms with Crippen molar-refractivity contribution >= 4 is 5.95 Å². The van der Waals surface area contributed by atoms with Gasteiger partial charge in [0, 0.05) is 31.4 Å². The molecule has 0 bridgehead atoms. The van der Waals surface area contributed by atoms with Crippen molar-refractivity contribution in [2.45, 2.75) is 18.8 Å². The van der Waals surface area contributed by atoms with E-state index in [1.165, 1.54) is 0 Å². The van der Waals surface area contributed by atoms with Crippen LogP contribution in [0.5, 0.6) is 0 Å². The topological polar surface area (TPSA) is 79.7 Å². The summed E-state index contributed by atoms with van der Waals surface area (Å²) in [4.78, 5) is 23.1. The first-order chi connectivity index (χ1) is 11.8. The van der Waals surface area contributed by atoms with Gasteiger partial charge < -0.3 is 4.90 Å². The van der Waals surface area contributed by atoms with Gasteiger partial charge in [-0.25, -0.2) is 24.4 Å². The second kappa shape index (κ2) is 6.27. The minimum Gasteiger partial charge on any atom is -0.340 e. The summed E-state index contributed by atoms with van der Waals surface area (Å²) >= 11 is 0. The molecule has 0 amide bonds. The third-order valence-electron chi connectivity index (χ3n) is 4.33. The number of piperidine rings is 1. The van der Waals surface area contributed by atoms with Crippen molar-refractivity contribution in [2.24, 2.45) is 0 Å². The second-order valence-electron chi connectivity index (χ2n) is 5.89. The number of rotatable bonds is 3. The van der Waals surface area contributed by atoms with Crippen LogP contribution in [-0.2, 0) is 0 Å². The molecule has 3 heterocycles. The lowest BCUT2D eigenvalue weighted by Crippen LogP contribution is -2.36. The van der Waals surface area contributed by atoms with Crippen molar-refractivity contribution in [1.82, 2.24) is 24.7 Å². The van der Waals surface area contributed by atoms with Gasteiger partial charge in [0.1, 0.15) is 5.82 Å². The number of nitrogens with one attached hydrogen (secondary N) is 1. The van der Waals surface area contributed by atoms with Gasteiger partial charge in [-0.05, 0) is 31.0 Å². The van der Waals surface area contributed by atoms with Crippen molar-refractivity contribution in [3.8, 4) is 5.69 Å². The van der Waals surface area contributed by atoms with E-state index in [4.69, 9.17) is 0 Å².